The first-order chi connectivity index (χ1) is 13.2. The SMILES string of the molecule is O=C1CC(=O)N(c2ccccc2)c2ccccc2N1CCc1ccccc1. The van der Waals surface area contributed by atoms with Crippen LogP contribution >= 0.6 is 0 Å². The van der Waals surface area contributed by atoms with E-state index in [0.29, 0.717) is 6.54 Å². The molecule has 0 atom stereocenters. The van der Waals surface area contributed by atoms with Gasteiger partial charge in [-0.25, -0.2) is 0 Å². The van der Waals surface area contributed by atoms with Crippen molar-refractivity contribution < 1.29 is 9.59 Å². The van der Waals surface area contributed by atoms with Crippen LogP contribution in [0.5, 0.6) is 0 Å². The van der Waals surface area contributed by atoms with Crippen molar-refractivity contribution in [2.24, 2.45) is 0 Å². The summed E-state index contributed by atoms with van der Waals surface area (Å²) in [4.78, 5) is 29.1. The molecule has 0 saturated heterocycles. The summed E-state index contributed by atoms with van der Waals surface area (Å²) in [7, 11) is 0. The Morgan fingerprint density at radius 3 is 1.96 bits per heavy atom. The Morgan fingerprint density at radius 1 is 0.667 bits per heavy atom. The highest BCUT2D eigenvalue weighted by atomic mass is 16.2. The van der Waals surface area contributed by atoms with E-state index in [0.717, 1.165) is 23.5 Å². The van der Waals surface area contributed by atoms with Crippen LogP contribution < -0.4 is 9.80 Å². The zero-order chi connectivity index (χ0) is 18.6. The lowest BCUT2D eigenvalue weighted by molar-refractivity contribution is -0.125. The third-order valence-corrected chi connectivity index (χ3v) is 4.75. The second kappa shape index (κ2) is 7.46. The van der Waals surface area contributed by atoms with Gasteiger partial charge in [-0.2, -0.15) is 0 Å². The van der Waals surface area contributed by atoms with E-state index in [1.807, 2.05) is 72.8 Å². The van der Waals surface area contributed by atoms with Crippen molar-refractivity contribution in [3.05, 3.63) is 90.5 Å². The zero-order valence-electron chi connectivity index (χ0n) is 14.9. The molecule has 1 aliphatic rings. The number of amides is 2. The Labute approximate surface area is 158 Å². The van der Waals surface area contributed by atoms with E-state index in [1.165, 1.54) is 5.56 Å². The molecule has 0 N–H and O–H groups in total. The second-order valence-electron chi connectivity index (χ2n) is 6.51. The molecule has 27 heavy (non-hydrogen) atoms. The molecule has 3 aromatic rings. The highest BCUT2D eigenvalue weighted by Gasteiger charge is 2.31. The van der Waals surface area contributed by atoms with Gasteiger partial charge < -0.3 is 4.90 Å². The van der Waals surface area contributed by atoms with Gasteiger partial charge >= 0.3 is 0 Å². The predicted molar refractivity (Wildman–Crippen MR) is 107 cm³/mol. The van der Waals surface area contributed by atoms with E-state index in [4.69, 9.17) is 0 Å². The molecule has 4 heteroatoms. The largest absolute Gasteiger partial charge is 0.310 e. The summed E-state index contributed by atoms with van der Waals surface area (Å²) in [5.41, 5.74) is 3.45. The summed E-state index contributed by atoms with van der Waals surface area (Å²) < 4.78 is 0. The minimum absolute atomic E-state index is 0.141. The average molecular weight is 356 g/mol. The van der Waals surface area contributed by atoms with Gasteiger partial charge in [0.25, 0.3) is 0 Å². The Morgan fingerprint density at radius 2 is 1.26 bits per heavy atom. The minimum atomic E-state index is -0.208. The van der Waals surface area contributed by atoms with Crippen LogP contribution in [-0.4, -0.2) is 18.4 Å². The number of anilines is 3. The van der Waals surface area contributed by atoms with Crippen LogP contribution in [0.25, 0.3) is 0 Å². The number of rotatable bonds is 4. The summed E-state index contributed by atoms with van der Waals surface area (Å²) in [5, 5.41) is 0. The monoisotopic (exact) mass is 356 g/mol. The maximum atomic E-state index is 12.9. The molecule has 134 valence electrons. The molecule has 4 nitrogen and oxygen atoms in total. The number of benzene rings is 3. The molecule has 0 spiro atoms. The van der Waals surface area contributed by atoms with E-state index >= 15 is 0 Å². The number of nitrogens with zero attached hydrogens (tertiary/aromatic N) is 2. The van der Waals surface area contributed by atoms with Crippen molar-refractivity contribution in [2.75, 3.05) is 16.3 Å². The van der Waals surface area contributed by atoms with Gasteiger partial charge in [0.05, 0.1) is 11.4 Å². The number of hydrogen-bond acceptors (Lipinski definition) is 2. The first-order valence-corrected chi connectivity index (χ1v) is 9.05. The lowest BCUT2D eigenvalue weighted by Gasteiger charge is -2.25. The number of fused-ring (bicyclic) bond motifs is 1. The Kier molecular flexibility index (Phi) is 4.71. The average Bonchev–Trinajstić information content (AvgIpc) is 2.81. The molecule has 0 aliphatic carbocycles. The molecular weight excluding hydrogens is 336 g/mol. The number of carbonyl (C=O) groups excluding carboxylic acids is 2. The molecule has 1 aliphatic heterocycles. The first-order valence-electron chi connectivity index (χ1n) is 9.05. The number of hydrogen-bond donors (Lipinski definition) is 0. The van der Waals surface area contributed by atoms with Crippen LogP contribution in [0, 0.1) is 0 Å². The van der Waals surface area contributed by atoms with Gasteiger partial charge in [-0.05, 0) is 36.2 Å². The Bertz CT molecular complexity index is 954. The van der Waals surface area contributed by atoms with Crippen molar-refractivity contribution in [3.63, 3.8) is 0 Å². The maximum Gasteiger partial charge on any atom is 0.241 e. The van der Waals surface area contributed by atoms with Crippen molar-refractivity contribution in [2.45, 2.75) is 12.8 Å². The fourth-order valence-corrected chi connectivity index (χ4v) is 3.44. The summed E-state index contributed by atoms with van der Waals surface area (Å²) in [6, 6.07) is 27.2. The quantitative estimate of drug-likeness (QED) is 0.653. The maximum absolute atomic E-state index is 12.9. The van der Waals surface area contributed by atoms with Gasteiger partial charge in [0.1, 0.15) is 6.42 Å². The van der Waals surface area contributed by atoms with Gasteiger partial charge in [-0.3, -0.25) is 14.5 Å². The summed E-state index contributed by atoms with van der Waals surface area (Å²) in [6.07, 6.45) is 0.596. The van der Waals surface area contributed by atoms with E-state index in [2.05, 4.69) is 12.1 Å². The second-order valence-corrected chi connectivity index (χ2v) is 6.51. The van der Waals surface area contributed by atoms with E-state index in [1.54, 1.807) is 9.80 Å². The predicted octanol–water partition coefficient (Wildman–Crippen LogP) is 4.33. The summed E-state index contributed by atoms with van der Waals surface area (Å²) >= 11 is 0. The third-order valence-electron chi connectivity index (χ3n) is 4.75. The van der Waals surface area contributed by atoms with E-state index in [-0.39, 0.29) is 18.2 Å². The van der Waals surface area contributed by atoms with Crippen LogP contribution in [0.1, 0.15) is 12.0 Å². The van der Waals surface area contributed by atoms with Gasteiger partial charge in [0.15, 0.2) is 0 Å². The minimum Gasteiger partial charge on any atom is -0.310 e. The Balaban J connectivity index is 1.72. The Hall–Kier alpha value is -3.40. The van der Waals surface area contributed by atoms with E-state index in [9.17, 15) is 9.59 Å². The number of carbonyl (C=O) groups is 2. The highest BCUT2D eigenvalue weighted by Crippen LogP contribution is 2.37. The van der Waals surface area contributed by atoms with Gasteiger partial charge in [-0.15, -0.1) is 0 Å². The van der Waals surface area contributed by atoms with Crippen LogP contribution in [0.4, 0.5) is 17.1 Å². The molecule has 0 bridgehead atoms. The molecule has 0 saturated carbocycles. The lowest BCUT2D eigenvalue weighted by atomic mass is 10.1. The van der Waals surface area contributed by atoms with Crippen molar-refractivity contribution >= 4 is 28.9 Å². The van der Waals surface area contributed by atoms with Gasteiger partial charge in [0.2, 0.25) is 11.8 Å². The molecule has 0 aromatic heterocycles. The van der Waals surface area contributed by atoms with Crippen LogP contribution in [0.3, 0.4) is 0 Å². The summed E-state index contributed by atoms with van der Waals surface area (Å²) in [5.74, 6) is -0.373. The van der Waals surface area contributed by atoms with Crippen molar-refractivity contribution in [1.29, 1.82) is 0 Å². The molecule has 0 unspecified atom stereocenters. The zero-order valence-corrected chi connectivity index (χ0v) is 14.9. The standard InChI is InChI=1S/C23H20N2O2/c26-22-17-23(27)25(19-11-5-2-6-12-19)21-14-8-7-13-20(21)24(22)16-15-18-9-3-1-4-10-18/h1-14H,15-17H2. The third kappa shape index (κ3) is 3.47. The topological polar surface area (TPSA) is 40.6 Å². The van der Waals surface area contributed by atoms with Crippen molar-refractivity contribution in [3.8, 4) is 0 Å². The molecular formula is C23H20N2O2. The van der Waals surface area contributed by atoms with Crippen LogP contribution in [0.15, 0.2) is 84.9 Å². The molecule has 2 amide bonds. The lowest BCUT2D eigenvalue weighted by Crippen LogP contribution is -2.33. The molecule has 0 fully saturated rings. The van der Waals surface area contributed by atoms with Gasteiger partial charge in [-0.1, -0.05) is 60.7 Å². The molecule has 1 heterocycles. The van der Waals surface area contributed by atoms with E-state index < -0.39 is 0 Å². The fraction of sp³-hybridized carbons (Fsp3) is 0.130. The molecule has 0 radical (unpaired) electrons. The highest BCUT2D eigenvalue weighted by molar-refractivity contribution is 6.18. The number of para-hydroxylation sites is 3. The van der Waals surface area contributed by atoms with Crippen molar-refractivity contribution in [1.82, 2.24) is 0 Å². The molecule has 3 aromatic carbocycles. The smallest absolute Gasteiger partial charge is 0.241 e. The van der Waals surface area contributed by atoms with Crippen LogP contribution in [-0.2, 0) is 16.0 Å². The van der Waals surface area contributed by atoms with Crippen LogP contribution in [0.2, 0.25) is 0 Å². The summed E-state index contributed by atoms with van der Waals surface area (Å²) in [6.45, 7) is 0.537. The van der Waals surface area contributed by atoms with Gasteiger partial charge in [0, 0.05) is 12.2 Å². The molecule has 4 rings (SSSR count). The first kappa shape index (κ1) is 17.0. The fourth-order valence-electron chi connectivity index (χ4n) is 3.44. The normalized spacial score (nSPS) is 14.1.